The molecular formula is C15H21N3S. The average molecular weight is 275 g/mol. The highest BCUT2D eigenvalue weighted by atomic mass is 32.1. The zero-order valence-corrected chi connectivity index (χ0v) is 12.5. The van der Waals surface area contributed by atoms with Crippen LogP contribution in [0.2, 0.25) is 0 Å². The fraction of sp³-hybridized carbons (Fsp3) is 0.600. The topological polar surface area (TPSA) is 42.1 Å². The lowest BCUT2D eigenvalue weighted by atomic mass is 10.1. The Bertz CT molecular complexity index is 518. The zero-order valence-electron chi connectivity index (χ0n) is 11.6. The van der Waals surface area contributed by atoms with E-state index < -0.39 is 0 Å². The Balaban J connectivity index is 2.02. The van der Waals surface area contributed by atoms with E-state index in [1.54, 1.807) is 0 Å². The van der Waals surface area contributed by atoms with E-state index in [9.17, 15) is 0 Å². The average Bonchev–Trinajstić information content (AvgIpc) is 3.17. The van der Waals surface area contributed by atoms with Crippen LogP contribution in [0.1, 0.15) is 42.6 Å². The number of nitrogens with two attached hydrogens (primary N) is 1. The van der Waals surface area contributed by atoms with Crippen LogP contribution in [0.5, 0.6) is 0 Å². The molecule has 0 radical (unpaired) electrons. The zero-order chi connectivity index (χ0) is 13.6. The van der Waals surface area contributed by atoms with E-state index in [0.29, 0.717) is 11.0 Å². The number of nitrogens with zero attached hydrogens (tertiary/aromatic N) is 2. The molecule has 1 aromatic heterocycles. The fourth-order valence-corrected chi connectivity index (χ4v) is 3.00. The molecule has 2 N–H and O–H groups in total. The van der Waals surface area contributed by atoms with E-state index in [0.717, 1.165) is 29.4 Å². The number of rotatable bonds is 5. The number of aryl methyl sites for hydroxylation is 2. The first-order chi connectivity index (χ1) is 9.06. The van der Waals surface area contributed by atoms with Gasteiger partial charge in [0.1, 0.15) is 4.99 Å². The maximum atomic E-state index is 5.94. The first kappa shape index (κ1) is 12.9. The van der Waals surface area contributed by atoms with Crippen LogP contribution < -0.4 is 10.6 Å². The summed E-state index contributed by atoms with van der Waals surface area (Å²) in [4.78, 5) is 7.53. The van der Waals surface area contributed by atoms with Crippen LogP contribution in [0.25, 0.3) is 0 Å². The minimum atomic E-state index is 0.474. The van der Waals surface area contributed by atoms with E-state index in [1.165, 1.54) is 31.4 Å². The lowest BCUT2D eigenvalue weighted by Gasteiger charge is -2.28. The van der Waals surface area contributed by atoms with E-state index >= 15 is 0 Å². The smallest absolute Gasteiger partial charge is 0.107 e. The van der Waals surface area contributed by atoms with Gasteiger partial charge in [-0.1, -0.05) is 12.2 Å². The molecule has 3 rings (SSSR count). The van der Waals surface area contributed by atoms with Gasteiger partial charge in [0.05, 0.1) is 11.3 Å². The Kier molecular flexibility index (Phi) is 3.21. The standard InChI is InChI=1S/C15H21N3S/c1-9-7-13(14(15(16)19)10(2)17-9)18(12-5-6-12)8-11-3-4-11/h7,11-12H,3-6,8H2,1-2H3,(H2,16,19). The van der Waals surface area contributed by atoms with Gasteiger partial charge in [-0.15, -0.1) is 0 Å². The highest BCUT2D eigenvalue weighted by Gasteiger charge is 2.35. The third kappa shape index (κ3) is 2.73. The second-order valence-corrected chi connectivity index (χ2v) is 6.37. The first-order valence-corrected chi connectivity index (χ1v) is 7.51. The van der Waals surface area contributed by atoms with Gasteiger partial charge in [0.15, 0.2) is 0 Å². The molecule has 0 aliphatic heterocycles. The Morgan fingerprint density at radius 1 is 1.37 bits per heavy atom. The van der Waals surface area contributed by atoms with E-state index in [-0.39, 0.29) is 0 Å². The van der Waals surface area contributed by atoms with Gasteiger partial charge in [0.25, 0.3) is 0 Å². The van der Waals surface area contributed by atoms with Crippen LogP contribution in [0.4, 0.5) is 5.69 Å². The summed E-state index contributed by atoms with van der Waals surface area (Å²) in [5.41, 5.74) is 10.1. The molecule has 0 amide bonds. The molecule has 0 unspecified atom stereocenters. The second kappa shape index (κ2) is 4.75. The fourth-order valence-electron chi connectivity index (χ4n) is 2.75. The van der Waals surface area contributed by atoms with Crippen LogP contribution >= 0.6 is 12.2 Å². The molecule has 0 bridgehead atoms. The van der Waals surface area contributed by atoms with Crippen LogP contribution in [-0.2, 0) is 0 Å². The minimum absolute atomic E-state index is 0.474. The van der Waals surface area contributed by atoms with E-state index in [2.05, 4.69) is 16.0 Å². The molecule has 102 valence electrons. The molecule has 1 heterocycles. The summed E-state index contributed by atoms with van der Waals surface area (Å²) in [6, 6.07) is 2.84. The van der Waals surface area contributed by atoms with Crippen LogP contribution in [0.15, 0.2) is 6.07 Å². The van der Waals surface area contributed by atoms with Crippen molar-refractivity contribution in [2.75, 3.05) is 11.4 Å². The molecule has 3 nitrogen and oxygen atoms in total. The van der Waals surface area contributed by atoms with Crippen molar-refractivity contribution in [3.8, 4) is 0 Å². The summed E-state index contributed by atoms with van der Waals surface area (Å²) in [5.74, 6) is 0.869. The Hall–Kier alpha value is -1.16. The van der Waals surface area contributed by atoms with Crippen LogP contribution in [0, 0.1) is 19.8 Å². The lowest BCUT2D eigenvalue weighted by molar-refractivity contribution is 0.716. The predicted molar refractivity (Wildman–Crippen MR) is 82.7 cm³/mol. The van der Waals surface area contributed by atoms with Crippen molar-refractivity contribution in [1.82, 2.24) is 4.98 Å². The Morgan fingerprint density at radius 2 is 2.05 bits per heavy atom. The van der Waals surface area contributed by atoms with Gasteiger partial charge in [0, 0.05) is 24.0 Å². The van der Waals surface area contributed by atoms with Gasteiger partial charge < -0.3 is 10.6 Å². The molecule has 2 aliphatic carbocycles. The van der Waals surface area contributed by atoms with Crippen molar-refractivity contribution < 1.29 is 0 Å². The minimum Gasteiger partial charge on any atom is -0.389 e. The van der Waals surface area contributed by atoms with Crippen LogP contribution in [0.3, 0.4) is 0 Å². The summed E-state index contributed by atoms with van der Waals surface area (Å²) in [5, 5.41) is 0. The highest BCUT2D eigenvalue weighted by Crippen LogP contribution is 2.39. The summed E-state index contributed by atoms with van der Waals surface area (Å²) in [6.45, 7) is 5.21. The molecule has 4 heteroatoms. The van der Waals surface area contributed by atoms with Crippen molar-refractivity contribution in [3.63, 3.8) is 0 Å². The largest absolute Gasteiger partial charge is 0.389 e. The molecule has 0 saturated heterocycles. The lowest BCUT2D eigenvalue weighted by Crippen LogP contribution is -2.31. The van der Waals surface area contributed by atoms with Gasteiger partial charge in [-0.3, -0.25) is 4.98 Å². The second-order valence-electron chi connectivity index (χ2n) is 5.93. The Morgan fingerprint density at radius 3 is 2.58 bits per heavy atom. The number of thiocarbonyl (C=S) groups is 1. The molecule has 19 heavy (non-hydrogen) atoms. The molecule has 2 saturated carbocycles. The van der Waals surface area contributed by atoms with Crippen molar-refractivity contribution in [2.24, 2.45) is 11.7 Å². The van der Waals surface area contributed by atoms with Gasteiger partial charge in [-0.05, 0) is 51.5 Å². The van der Waals surface area contributed by atoms with Crippen molar-refractivity contribution in [1.29, 1.82) is 0 Å². The SMILES string of the molecule is Cc1cc(N(CC2CC2)C2CC2)c(C(N)=S)c(C)n1. The van der Waals surface area contributed by atoms with Gasteiger partial charge in [0.2, 0.25) is 0 Å². The Labute approximate surface area is 120 Å². The molecule has 0 spiro atoms. The summed E-state index contributed by atoms with van der Waals surface area (Å²) < 4.78 is 0. The quantitative estimate of drug-likeness (QED) is 0.839. The van der Waals surface area contributed by atoms with Crippen molar-refractivity contribution >= 4 is 22.9 Å². The van der Waals surface area contributed by atoms with Crippen molar-refractivity contribution in [3.05, 3.63) is 23.0 Å². The van der Waals surface area contributed by atoms with E-state index in [4.69, 9.17) is 18.0 Å². The highest BCUT2D eigenvalue weighted by molar-refractivity contribution is 7.80. The summed E-state index contributed by atoms with van der Waals surface area (Å²) >= 11 is 5.25. The number of pyridine rings is 1. The summed E-state index contributed by atoms with van der Waals surface area (Å²) in [7, 11) is 0. The molecule has 2 aliphatic rings. The van der Waals surface area contributed by atoms with Gasteiger partial charge in [-0.2, -0.15) is 0 Å². The molecule has 0 atom stereocenters. The molecule has 0 aromatic carbocycles. The first-order valence-electron chi connectivity index (χ1n) is 7.11. The number of hydrogen-bond acceptors (Lipinski definition) is 3. The number of aromatic nitrogens is 1. The maximum Gasteiger partial charge on any atom is 0.107 e. The monoisotopic (exact) mass is 275 g/mol. The van der Waals surface area contributed by atoms with Gasteiger partial charge >= 0.3 is 0 Å². The number of hydrogen-bond donors (Lipinski definition) is 1. The predicted octanol–water partition coefficient (Wildman–Crippen LogP) is 2.71. The number of anilines is 1. The third-order valence-corrected chi connectivity index (χ3v) is 4.21. The molecule has 1 aromatic rings. The maximum absolute atomic E-state index is 5.94. The van der Waals surface area contributed by atoms with E-state index in [1.807, 2.05) is 13.8 Å². The van der Waals surface area contributed by atoms with Crippen molar-refractivity contribution in [2.45, 2.75) is 45.6 Å². The summed E-state index contributed by atoms with van der Waals surface area (Å²) in [6.07, 6.45) is 5.33. The molecular weight excluding hydrogens is 254 g/mol. The molecule has 2 fully saturated rings. The third-order valence-electron chi connectivity index (χ3n) is 4.00. The van der Waals surface area contributed by atoms with Gasteiger partial charge in [-0.25, -0.2) is 0 Å². The normalized spacial score (nSPS) is 18.4. The van der Waals surface area contributed by atoms with Crippen LogP contribution in [-0.4, -0.2) is 22.6 Å².